The molecule has 0 saturated heterocycles. The largest absolute Gasteiger partial charge is 0.494 e. The average Bonchev–Trinajstić information content (AvgIpc) is 3.25. The van der Waals surface area contributed by atoms with Gasteiger partial charge in [-0.15, -0.1) is 11.8 Å². The smallest absolute Gasteiger partial charge is 0.119 e. The zero-order valence-corrected chi connectivity index (χ0v) is 32.1. The molecule has 1 heterocycles. The van der Waals surface area contributed by atoms with E-state index >= 15 is 0 Å². The van der Waals surface area contributed by atoms with Gasteiger partial charge in [0.2, 0.25) is 0 Å². The molecule has 0 bridgehead atoms. The molecule has 0 aliphatic carbocycles. The van der Waals surface area contributed by atoms with Crippen LogP contribution in [0.3, 0.4) is 0 Å². The first-order valence-electron chi connectivity index (χ1n) is 19.5. The van der Waals surface area contributed by atoms with Crippen LogP contribution in [0.25, 0.3) is 6.08 Å². The fourth-order valence-corrected chi connectivity index (χ4v) is 8.94. The number of anilines is 3. The second kappa shape index (κ2) is 17.1. The highest BCUT2D eigenvalue weighted by atomic mass is 32.2. The van der Waals surface area contributed by atoms with Crippen molar-refractivity contribution in [3.63, 3.8) is 0 Å². The summed E-state index contributed by atoms with van der Waals surface area (Å²) in [5.74, 6) is 2.08. The molecule has 0 fully saturated rings. The lowest BCUT2D eigenvalue weighted by Crippen LogP contribution is -2.37. The van der Waals surface area contributed by atoms with E-state index in [9.17, 15) is 0 Å². The highest BCUT2D eigenvalue weighted by Crippen LogP contribution is 2.57. The van der Waals surface area contributed by atoms with Crippen molar-refractivity contribution >= 4 is 34.9 Å². The Hall–Kier alpha value is -5.77. The Morgan fingerprint density at radius 1 is 0.527 bits per heavy atom. The summed E-state index contributed by atoms with van der Waals surface area (Å²) < 4.78 is 5.89. The quantitative estimate of drug-likeness (QED) is 0.0769. The monoisotopic (exact) mass is 733 g/mol. The molecule has 1 aliphatic rings. The molecular weight excluding hydrogens is 687 g/mol. The summed E-state index contributed by atoms with van der Waals surface area (Å²) in [6, 6.07) is 66.3. The Morgan fingerprint density at radius 3 is 1.64 bits per heavy atom. The van der Waals surface area contributed by atoms with E-state index in [1.54, 1.807) is 0 Å². The van der Waals surface area contributed by atoms with Gasteiger partial charge < -0.3 is 9.64 Å². The zero-order valence-electron chi connectivity index (χ0n) is 31.3. The minimum atomic E-state index is -0.453. The molecule has 0 spiro atoms. The van der Waals surface area contributed by atoms with Crippen LogP contribution in [0.1, 0.15) is 64.6 Å². The van der Waals surface area contributed by atoms with Gasteiger partial charge in [-0.2, -0.15) is 0 Å². The molecule has 0 radical (unpaired) electrons. The number of para-hydroxylation sites is 2. The minimum absolute atomic E-state index is 0.453. The fraction of sp³-hybridized carbons (Fsp3) is 0.154. The van der Waals surface area contributed by atoms with Crippen molar-refractivity contribution < 1.29 is 4.74 Å². The number of ether oxygens (including phenoxy) is 1. The van der Waals surface area contributed by atoms with Crippen LogP contribution in [0.15, 0.2) is 193 Å². The van der Waals surface area contributed by atoms with Crippen molar-refractivity contribution in [1.82, 2.24) is 0 Å². The second-order valence-electron chi connectivity index (χ2n) is 14.2. The standard InChI is InChI=1S/C52H47NOS/c1-2-40-27-33-46(34-28-40)54-37-15-3-4-16-38-55-47-35-29-42(30-36-47)39-41-25-31-45(32-26-41)53-50-23-13-11-21-48(50)52(43-17-7-5-8-18-43,44-19-9-6-10-20-44)49-22-12-14-24-51(49)53/h2,5-14,17-36H,1,3-4,15-16,37-39H2. The summed E-state index contributed by atoms with van der Waals surface area (Å²) in [4.78, 5) is 3.79. The van der Waals surface area contributed by atoms with Crippen LogP contribution < -0.4 is 9.64 Å². The Morgan fingerprint density at radius 2 is 1.05 bits per heavy atom. The number of unbranched alkanes of at least 4 members (excludes halogenated alkanes) is 3. The van der Waals surface area contributed by atoms with Gasteiger partial charge in [0.1, 0.15) is 5.75 Å². The molecule has 0 unspecified atom stereocenters. The third-order valence-corrected chi connectivity index (χ3v) is 11.8. The van der Waals surface area contributed by atoms with Gasteiger partial charge in [-0.3, -0.25) is 0 Å². The summed E-state index contributed by atoms with van der Waals surface area (Å²) in [5.41, 5.74) is 12.0. The SMILES string of the molecule is C=Cc1ccc(OCCCCCCSc2ccc(Cc3ccc(N4c5ccccc5C(c5ccccc5)(c5ccccc5)c5ccccc54)cc3)cc2)cc1. The summed E-state index contributed by atoms with van der Waals surface area (Å²) in [6.45, 7) is 4.58. The van der Waals surface area contributed by atoms with E-state index in [1.165, 1.54) is 68.9 Å². The number of hydrogen-bond donors (Lipinski definition) is 0. The molecule has 0 atom stereocenters. The molecule has 55 heavy (non-hydrogen) atoms. The molecule has 0 aromatic heterocycles. The Labute approximate surface area is 331 Å². The predicted molar refractivity (Wildman–Crippen MR) is 233 cm³/mol. The third-order valence-electron chi connectivity index (χ3n) is 10.7. The maximum absolute atomic E-state index is 5.89. The lowest BCUT2D eigenvalue weighted by atomic mass is 9.62. The first-order chi connectivity index (χ1) is 27.2. The van der Waals surface area contributed by atoms with Gasteiger partial charge in [-0.1, -0.05) is 159 Å². The van der Waals surface area contributed by atoms with Gasteiger partial charge >= 0.3 is 0 Å². The summed E-state index contributed by atoms with van der Waals surface area (Å²) in [6.07, 6.45) is 7.50. The first kappa shape index (κ1) is 36.2. The van der Waals surface area contributed by atoms with Gasteiger partial charge in [-0.05, 0) is 112 Å². The number of fused-ring (bicyclic) bond motifs is 2. The van der Waals surface area contributed by atoms with E-state index in [4.69, 9.17) is 4.74 Å². The molecule has 0 saturated carbocycles. The van der Waals surface area contributed by atoms with E-state index < -0.39 is 5.41 Å². The average molecular weight is 734 g/mol. The number of nitrogens with zero attached hydrogens (tertiary/aromatic N) is 1. The number of benzene rings is 7. The van der Waals surface area contributed by atoms with Crippen LogP contribution in [0.4, 0.5) is 17.1 Å². The van der Waals surface area contributed by atoms with E-state index in [1.807, 2.05) is 42.1 Å². The minimum Gasteiger partial charge on any atom is -0.494 e. The molecule has 3 heteroatoms. The Kier molecular flexibility index (Phi) is 11.3. The van der Waals surface area contributed by atoms with Crippen molar-refractivity contribution in [3.8, 4) is 5.75 Å². The number of hydrogen-bond acceptors (Lipinski definition) is 3. The van der Waals surface area contributed by atoms with Gasteiger partial charge in [0.05, 0.1) is 23.4 Å². The van der Waals surface area contributed by atoms with Crippen molar-refractivity contribution in [2.45, 2.75) is 42.4 Å². The van der Waals surface area contributed by atoms with Crippen LogP contribution >= 0.6 is 11.8 Å². The van der Waals surface area contributed by atoms with Gasteiger partial charge in [0.25, 0.3) is 0 Å². The van der Waals surface area contributed by atoms with Gasteiger partial charge in [0, 0.05) is 10.6 Å². The summed E-state index contributed by atoms with van der Waals surface area (Å²) in [5, 5.41) is 0. The number of thioether (sulfide) groups is 1. The zero-order chi connectivity index (χ0) is 37.3. The van der Waals surface area contributed by atoms with Crippen LogP contribution in [0.2, 0.25) is 0 Å². The molecule has 2 nitrogen and oxygen atoms in total. The number of rotatable bonds is 15. The van der Waals surface area contributed by atoms with Crippen molar-refractivity contribution in [1.29, 1.82) is 0 Å². The fourth-order valence-electron chi connectivity index (χ4n) is 8.03. The molecule has 7 aromatic rings. The van der Waals surface area contributed by atoms with E-state index in [-0.39, 0.29) is 0 Å². The molecule has 0 N–H and O–H groups in total. The summed E-state index contributed by atoms with van der Waals surface area (Å²) >= 11 is 1.96. The molecule has 8 rings (SSSR count). The Bertz CT molecular complexity index is 2210. The van der Waals surface area contributed by atoms with Gasteiger partial charge in [-0.25, -0.2) is 0 Å². The van der Waals surface area contributed by atoms with Gasteiger partial charge in [0.15, 0.2) is 0 Å². The highest BCUT2D eigenvalue weighted by Gasteiger charge is 2.46. The summed E-state index contributed by atoms with van der Waals surface area (Å²) in [7, 11) is 0. The second-order valence-corrected chi connectivity index (χ2v) is 15.4. The van der Waals surface area contributed by atoms with Crippen LogP contribution in [-0.2, 0) is 11.8 Å². The van der Waals surface area contributed by atoms with Crippen molar-refractivity contribution in [2.75, 3.05) is 17.3 Å². The molecule has 1 aliphatic heterocycles. The third kappa shape index (κ3) is 7.76. The normalized spacial score (nSPS) is 12.8. The molecule has 0 amide bonds. The van der Waals surface area contributed by atoms with Crippen LogP contribution in [0.5, 0.6) is 5.75 Å². The molecule has 7 aromatic carbocycles. The van der Waals surface area contributed by atoms with Crippen LogP contribution in [0, 0.1) is 0 Å². The Balaban J connectivity index is 0.920. The maximum atomic E-state index is 5.89. The van der Waals surface area contributed by atoms with Crippen molar-refractivity contribution in [3.05, 3.63) is 228 Å². The lowest BCUT2D eigenvalue weighted by molar-refractivity contribution is 0.305. The lowest BCUT2D eigenvalue weighted by Gasteiger charge is -2.46. The van der Waals surface area contributed by atoms with E-state index in [0.29, 0.717) is 0 Å². The molecular formula is C52H47NOS. The maximum Gasteiger partial charge on any atom is 0.119 e. The van der Waals surface area contributed by atoms with Crippen molar-refractivity contribution in [2.24, 2.45) is 0 Å². The predicted octanol–water partition coefficient (Wildman–Crippen LogP) is 13.8. The van der Waals surface area contributed by atoms with Crippen LogP contribution in [-0.4, -0.2) is 12.4 Å². The topological polar surface area (TPSA) is 12.5 Å². The van der Waals surface area contributed by atoms with E-state index in [2.05, 4.69) is 169 Å². The first-order valence-corrected chi connectivity index (χ1v) is 20.5. The molecule has 272 valence electrons. The highest BCUT2D eigenvalue weighted by molar-refractivity contribution is 7.99. The van der Waals surface area contributed by atoms with E-state index in [0.717, 1.165) is 42.2 Å².